The standard InChI is InChI=1S/C38H56N2.2C4H10O.Ni/c1-8-13-18-30-23-35(24-31(28(30)6)19-14-9-2)37-27-34(22-17-12-5)38(40(37)39)36-25-32(20-15-10-3)29(7)33(26-36)21-16-11-4;2*1-2-3-4-5;/h23-27H,8-22H2,1-7H3;2*5H,2-4H2,1H3;. The van der Waals surface area contributed by atoms with Gasteiger partial charge in [-0.25, -0.2) is 4.70 Å². The van der Waals surface area contributed by atoms with Crippen molar-refractivity contribution in [3.8, 4) is 0 Å². The van der Waals surface area contributed by atoms with Crippen LogP contribution in [0.25, 0.3) is 16.9 Å². The van der Waals surface area contributed by atoms with Crippen molar-refractivity contribution in [2.45, 2.75) is 184 Å². The van der Waals surface area contributed by atoms with E-state index in [0.29, 0.717) is 13.2 Å². The van der Waals surface area contributed by atoms with Crippen LogP contribution in [0.15, 0.2) is 35.9 Å². The van der Waals surface area contributed by atoms with Gasteiger partial charge in [-0.15, -0.1) is 0 Å². The molecule has 0 fully saturated rings. The summed E-state index contributed by atoms with van der Waals surface area (Å²) in [6.45, 7) is 20.8. The van der Waals surface area contributed by atoms with E-state index in [1.807, 2.05) is 0 Å². The molecule has 0 aliphatic carbocycles. The Hall–Kier alpha value is -2.07. The molecular formula is C46H76N2NiO2. The Kier molecular flexibility index (Phi) is 28.2. The summed E-state index contributed by atoms with van der Waals surface area (Å²) in [6.07, 6.45) is 23.7. The average Bonchev–Trinajstić information content (AvgIpc) is 3.45. The molecule has 5 heteroatoms. The van der Waals surface area contributed by atoms with Crippen molar-refractivity contribution in [2.75, 3.05) is 13.2 Å². The summed E-state index contributed by atoms with van der Waals surface area (Å²) in [5, 5.41) is 16.1. The zero-order valence-corrected chi connectivity index (χ0v) is 35.3. The maximum atomic E-state index is 11.9. The van der Waals surface area contributed by atoms with Crippen LogP contribution >= 0.6 is 0 Å². The number of hydrogen-bond acceptors (Lipinski definition) is 2. The van der Waals surface area contributed by atoms with E-state index in [0.717, 1.165) is 82.0 Å². The summed E-state index contributed by atoms with van der Waals surface area (Å²) in [4.78, 5) is 0. The fourth-order valence-corrected chi connectivity index (χ4v) is 6.41. The van der Waals surface area contributed by atoms with Crippen LogP contribution in [0, 0.1) is 13.8 Å². The van der Waals surface area contributed by atoms with Crippen molar-refractivity contribution in [2.24, 2.45) is 0 Å². The Morgan fingerprint density at radius 3 is 1.10 bits per heavy atom. The quantitative estimate of drug-likeness (QED) is 0.0986. The zero-order chi connectivity index (χ0) is 37.3. The fourth-order valence-electron chi connectivity index (χ4n) is 6.41. The molecule has 0 radical (unpaired) electrons. The summed E-state index contributed by atoms with van der Waals surface area (Å²) < 4.78 is 1.54. The van der Waals surface area contributed by atoms with Gasteiger partial charge in [0.15, 0.2) is 0 Å². The van der Waals surface area contributed by atoms with Gasteiger partial charge in [-0.1, -0.05) is 93.4 Å². The molecule has 2 aromatic carbocycles. The van der Waals surface area contributed by atoms with Gasteiger partial charge >= 0.3 is 0 Å². The molecular weight excluding hydrogens is 671 g/mol. The molecule has 4 nitrogen and oxygen atoms in total. The van der Waals surface area contributed by atoms with Gasteiger partial charge in [0.1, 0.15) is 0 Å². The smallest absolute Gasteiger partial charge is 0.210 e. The number of benzene rings is 2. The first kappa shape index (κ1) is 48.9. The second-order valence-corrected chi connectivity index (χ2v) is 14.2. The summed E-state index contributed by atoms with van der Waals surface area (Å²) >= 11 is 0. The third kappa shape index (κ3) is 16.7. The normalized spacial score (nSPS) is 12.2. The van der Waals surface area contributed by atoms with Crippen LogP contribution in [-0.2, 0) is 42.2 Å². The van der Waals surface area contributed by atoms with Crippen LogP contribution in [-0.4, -0.2) is 28.1 Å². The number of unbranched alkanes of at least 4 members (excludes halogenated alkanes) is 7. The summed E-state index contributed by atoms with van der Waals surface area (Å²) in [5.74, 6) is 0. The predicted molar refractivity (Wildman–Crippen MR) is 219 cm³/mol. The van der Waals surface area contributed by atoms with E-state index in [9.17, 15) is 5.53 Å². The number of aliphatic hydroxyl groups is 2. The molecule has 0 spiro atoms. The van der Waals surface area contributed by atoms with Gasteiger partial charge in [-0.3, -0.25) is 0 Å². The molecule has 3 rings (SSSR count). The maximum Gasteiger partial charge on any atom is 0.210 e. The molecule has 0 amide bonds. The molecule has 1 heterocycles. The van der Waals surface area contributed by atoms with E-state index >= 15 is 0 Å². The summed E-state index contributed by atoms with van der Waals surface area (Å²) in [7, 11) is 0. The Morgan fingerprint density at radius 2 is 0.804 bits per heavy atom. The number of hydrogen-bond donors (Lipinski definition) is 2. The van der Waals surface area contributed by atoms with Gasteiger partial charge in [0.2, 0.25) is 11.4 Å². The third-order valence-electron chi connectivity index (χ3n) is 9.89. The minimum atomic E-state index is 0. The summed E-state index contributed by atoms with van der Waals surface area (Å²) in [5.41, 5.74) is 26.2. The average molecular weight is 748 g/mol. The van der Waals surface area contributed by atoms with E-state index in [1.165, 1.54) is 101 Å². The Labute approximate surface area is 325 Å². The molecule has 0 aromatic heterocycles. The number of nitrogens with zero attached hydrogens (tertiary/aromatic N) is 2. The number of allylic oxidation sites excluding steroid dienone is 2. The summed E-state index contributed by atoms with van der Waals surface area (Å²) in [6, 6.07) is 9.50. The van der Waals surface area contributed by atoms with Crippen molar-refractivity contribution in [1.82, 2.24) is 0 Å². The minimum absolute atomic E-state index is 0. The molecule has 0 atom stereocenters. The molecule has 1 aliphatic heterocycles. The number of aryl methyl sites for hydroxylation is 4. The third-order valence-corrected chi connectivity index (χ3v) is 9.89. The largest absolute Gasteiger partial charge is 0.493 e. The van der Waals surface area contributed by atoms with Crippen LogP contribution in [0.2, 0.25) is 0 Å². The van der Waals surface area contributed by atoms with Gasteiger partial charge in [-0.05, 0) is 149 Å². The van der Waals surface area contributed by atoms with Crippen LogP contribution in [0.4, 0.5) is 0 Å². The molecule has 2 N–H and O–H groups in total. The van der Waals surface area contributed by atoms with E-state index in [1.54, 1.807) is 4.70 Å². The predicted octanol–water partition coefficient (Wildman–Crippen LogP) is 13.2. The van der Waals surface area contributed by atoms with E-state index in [-0.39, 0.29) is 16.5 Å². The molecule has 0 saturated carbocycles. The van der Waals surface area contributed by atoms with Gasteiger partial charge in [0.05, 0.1) is 0 Å². The second-order valence-electron chi connectivity index (χ2n) is 14.2. The SMILES string of the molecule is CCCCC1=C(c2cc(CCCC)c(C)c(CCCC)c2)[N+](=[N-])C(c2cc(CCCC)c(C)c(CCCC)c2)=C1.CCCCO.CCCCO.[Ni]. The van der Waals surface area contributed by atoms with Crippen molar-refractivity contribution in [1.29, 1.82) is 0 Å². The van der Waals surface area contributed by atoms with Gasteiger partial charge in [-0.2, -0.15) is 0 Å². The maximum absolute atomic E-state index is 11.9. The van der Waals surface area contributed by atoms with E-state index in [2.05, 4.69) is 92.7 Å². The van der Waals surface area contributed by atoms with Gasteiger partial charge < -0.3 is 15.7 Å². The van der Waals surface area contributed by atoms with Crippen molar-refractivity contribution >= 4 is 11.4 Å². The van der Waals surface area contributed by atoms with Crippen LogP contribution in [0.3, 0.4) is 0 Å². The van der Waals surface area contributed by atoms with Crippen LogP contribution in [0.1, 0.15) is 189 Å². The number of aliphatic hydroxyl groups excluding tert-OH is 2. The topological polar surface area (TPSA) is 65.8 Å². The Morgan fingerprint density at radius 1 is 0.490 bits per heavy atom. The first-order valence-electron chi connectivity index (χ1n) is 20.6. The number of rotatable bonds is 21. The fraction of sp³-hybridized carbons (Fsp3) is 0.652. The first-order valence-corrected chi connectivity index (χ1v) is 20.6. The molecule has 1 aliphatic rings. The molecule has 0 saturated heterocycles. The van der Waals surface area contributed by atoms with E-state index < -0.39 is 0 Å². The minimum Gasteiger partial charge on any atom is -0.493 e. The molecule has 0 bridgehead atoms. The molecule has 292 valence electrons. The molecule has 0 unspecified atom stereocenters. The Balaban J connectivity index is 0.00000200. The molecule has 51 heavy (non-hydrogen) atoms. The monoisotopic (exact) mass is 747 g/mol. The van der Waals surface area contributed by atoms with Crippen molar-refractivity contribution in [3.63, 3.8) is 0 Å². The first-order chi connectivity index (χ1) is 24.2. The zero-order valence-electron chi connectivity index (χ0n) is 34.3. The van der Waals surface area contributed by atoms with Gasteiger partial charge in [0, 0.05) is 52.5 Å². The van der Waals surface area contributed by atoms with Crippen LogP contribution in [0.5, 0.6) is 0 Å². The second kappa shape index (κ2) is 29.4. The van der Waals surface area contributed by atoms with Crippen LogP contribution < -0.4 is 0 Å². The Bertz CT molecular complexity index is 1260. The van der Waals surface area contributed by atoms with Crippen molar-refractivity contribution < 1.29 is 31.4 Å². The molecule has 2 aromatic rings. The van der Waals surface area contributed by atoms with Crippen molar-refractivity contribution in [3.05, 3.63) is 86.0 Å². The van der Waals surface area contributed by atoms with E-state index in [4.69, 9.17) is 10.2 Å². The van der Waals surface area contributed by atoms with Gasteiger partial charge in [0.25, 0.3) is 0 Å².